The Bertz CT molecular complexity index is 746. The van der Waals surface area contributed by atoms with Crippen LogP contribution in [0.2, 0.25) is 0 Å². The van der Waals surface area contributed by atoms with Gasteiger partial charge in [0.2, 0.25) is 0 Å². The zero-order chi connectivity index (χ0) is 16.6. The van der Waals surface area contributed by atoms with Gasteiger partial charge in [0.25, 0.3) is 0 Å². The third-order valence-corrected chi connectivity index (χ3v) is 5.64. The molecule has 0 saturated heterocycles. The summed E-state index contributed by atoms with van der Waals surface area (Å²) in [5, 5.41) is 3.12. The molecule has 2 aliphatic carbocycles. The fourth-order valence-electron chi connectivity index (χ4n) is 4.18. The van der Waals surface area contributed by atoms with Crippen molar-refractivity contribution in [1.29, 1.82) is 0 Å². The molecule has 0 bridgehead atoms. The lowest BCUT2D eigenvalue weighted by molar-refractivity contribution is 0.206. The van der Waals surface area contributed by atoms with Crippen LogP contribution < -0.4 is 5.32 Å². The van der Waals surface area contributed by atoms with Gasteiger partial charge >= 0.3 is 6.03 Å². The summed E-state index contributed by atoms with van der Waals surface area (Å²) in [7, 11) is 1.84. The number of aryl methyl sites for hydroxylation is 1. The summed E-state index contributed by atoms with van der Waals surface area (Å²) in [4.78, 5) is 18.1. The molecule has 1 aromatic heterocycles. The first-order valence-corrected chi connectivity index (χ1v) is 8.65. The molecular weight excluding hydrogens is 298 g/mol. The first kappa shape index (κ1) is 15.2. The lowest BCUT2D eigenvalue weighted by Crippen LogP contribution is -2.38. The average Bonchev–Trinajstić information content (AvgIpc) is 3.20. The highest BCUT2D eigenvalue weighted by atomic mass is 16.2. The molecule has 1 heterocycles. The molecule has 2 unspecified atom stereocenters. The number of rotatable bonds is 4. The van der Waals surface area contributed by atoms with E-state index in [1.165, 1.54) is 30.4 Å². The highest BCUT2D eigenvalue weighted by Crippen LogP contribution is 2.61. The monoisotopic (exact) mass is 321 g/mol. The smallest absolute Gasteiger partial charge is 0.317 e. The molecule has 1 fully saturated rings. The Morgan fingerprint density at radius 1 is 1.29 bits per heavy atom. The van der Waals surface area contributed by atoms with Crippen LogP contribution in [0.1, 0.15) is 29.5 Å². The number of urea groups is 1. The number of benzene rings is 1. The zero-order valence-corrected chi connectivity index (χ0v) is 14.0. The van der Waals surface area contributed by atoms with E-state index in [0.717, 1.165) is 12.1 Å². The van der Waals surface area contributed by atoms with E-state index in [2.05, 4.69) is 34.6 Å². The van der Waals surface area contributed by atoms with Gasteiger partial charge in [-0.05, 0) is 54.0 Å². The van der Waals surface area contributed by atoms with Gasteiger partial charge in [-0.25, -0.2) is 4.79 Å². The minimum Gasteiger partial charge on any atom is -0.338 e. The summed E-state index contributed by atoms with van der Waals surface area (Å²) < 4.78 is 0. The van der Waals surface area contributed by atoms with Crippen molar-refractivity contribution < 1.29 is 4.79 Å². The Labute approximate surface area is 142 Å². The number of nitrogens with one attached hydrogen (secondary N) is 1. The summed E-state index contributed by atoms with van der Waals surface area (Å²) in [6.07, 6.45) is 7.14. The molecule has 1 spiro atoms. The molecule has 4 nitrogen and oxygen atoms in total. The number of amides is 2. The Morgan fingerprint density at radius 3 is 2.92 bits per heavy atom. The molecule has 4 rings (SSSR count). The van der Waals surface area contributed by atoms with Gasteiger partial charge in [0, 0.05) is 37.9 Å². The summed E-state index contributed by atoms with van der Waals surface area (Å²) in [5.74, 6) is 0.583. The minimum atomic E-state index is 0.000134. The van der Waals surface area contributed by atoms with Crippen LogP contribution >= 0.6 is 0 Å². The Hall–Kier alpha value is -2.36. The van der Waals surface area contributed by atoms with Crippen molar-refractivity contribution in [2.75, 3.05) is 13.6 Å². The number of aromatic nitrogens is 1. The summed E-state index contributed by atoms with van der Waals surface area (Å²) in [6.45, 7) is 1.38. The van der Waals surface area contributed by atoms with Crippen LogP contribution in [0.15, 0.2) is 48.8 Å². The zero-order valence-electron chi connectivity index (χ0n) is 14.0. The van der Waals surface area contributed by atoms with E-state index < -0.39 is 0 Å². The Kier molecular flexibility index (Phi) is 3.75. The second-order valence-electron chi connectivity index (χ2n) is 7.11. The van der Waals surface area contributed by atoms with Gasteiger partial charge in [0.05, 0.1) is 0 Å². The van der Waals surface area contributed by atoms with Crippen molar-refractivity contribution in [3.05, 3.63) is 65.5 Å². The number of hydrogen-bond donors (Lipinski definition) is 1. The maximum Gasteiger partial charge on any atom is 0.317 e. The highest BCUT2D eigenvalue weighted by molar-refractivity contribution is 5.74. The van der Waals surface area contributed by atoms with Crippen molar-refractivity contribution in [1.82, 2.24) is 15.2 Å². The number of carbonyl (C=O) groups is 1. The molecule has 1 aromatic carbocycles. The molecule has 0 aliphatic heterocycles. The SMILES string of the molecule is CN(Cc1ccncc1)C(=O)NCC1CC12CCc1ccccc12. The third kappa shape index (κ3) is 2.66. The van der Waals surface area contributed by atoms with E-state index in [1.54, 1.807) is 17.3 Å². The summed E-state index contributed by atoms with van der Waals surface area (Å²) >= 11 is 0. The lowest BCUT2D eigenvalue weighted by atomic mass is 9.95. The minimum absolute atomic E-state index is 0.000134. The van der Waals surface area contributed by atoms with Crippen molar-refractivity contribution >= 4 is 6.03 Å². The molecule has 24 heavy (non-hydrogen) atoms. The second-order valence-corrected chi connectivity index (χ2v) is 7.11. The topological polar surface area (TPSA) is 45.2 Å². The van der Waals surface area contributed by atoms with E-state index >= 15 is 0 Å². The molecule has 124 valence electrons. The standard InChI is InChI=1S/C20H23N3O/c1-23(14-15-7-10-21-11-8-15)19(24)22-13-17-12-20(17)9-6-16-4-2-3-5-18(16)20/h2-5,7-8,10-11,17H,6,9,12-14H2,1H3,(H,22,24). The fraction of sp³-hybridized carbons (Fsp3) is 0.400. The van der Waals surface area contributed by atoms with Crippen molar-refractivity contribution in [2.45, 2.75) is 31.2 Å². The van der Waals surface area contributed by atoms with Crippen LogP contribution in [-0.4, -0.2) is 29.5 Å². The van der Waals surface area contributed by atoms with Gasteiger partial charge in [-0.15, -0.1) is 0 Å². The summed E-state index contributed by atoms with van der Waals surface area (Å²) in [5.41, 5.74) is 4.46. The van der Waals surface area contributed by atoms with Gasteiger partial charge in [-0.2, -0.15) is 0 Å². The molecule has 1 saturated carbocycles. The van der Waals surface area contributed by atoms with E-state index in [4.69, 9.17) is 0 Å². The maximum atomic E-state index is 12.3. The molecule has 2 atom stereocenters. The van der Waals surface area contributed by atoms with Crippen LogP contribution in [-0.2, 0) is 18.4 Å². The molecular formula is C20H23N3O. The van der Waals surface area contributed by atoms with Crippen LogP contribution in [0, 0.1) is 5.92 Å². The van der Waals surface area contributed by atoms with Gasteiger partial charge in [0.1, 0.15) is 0 Å². The van der Waals surface area contributed by atoms with Gasteiger partial charge in [0.15, 0.2) is 0 Å². The number of nitrogens with zero attached hydrogens (tertiary/aromatic N) is 2. The quantitative estimate of drug-likeness (QED) is 0.940. The van der Waals surface area contributed by atoms with Crippen LogP contribution in [0.4, 0.5) is 4.79 Å². The molecule has 2 aliphatic rings. The van der Waals surface area contributed by atoms with Crippen molar-refractivity contribution in [2.24, 2.45) is 5.92 Å². The molecule has 2 amide bonds. The third-order valence-electron chi connectivity index (χ3n) is 5.64. The summed E-state index contributed by atoms with van der Waals surface area (Å²) in [6, 6.07) is 12.7. The first-order valence-electron chi connectivity index (χ1n) is 8.65. The molecule has 4 heteroatoms. The lowest BCUT2D eigenvalue weighted by Gasteiger charge is -2.19. The number of fused-ring (bicyclic) bond motifs is 2. The van der Waals surface area contributed by atoms with Gasteiger partial charge < -0.3 is 10.2 Å². The van der Waals surface area contributed by atoms with E-state index in [9.17, 15) is 4.79 Å². The van der Waals surface area contributed by atoms with E-state index in [-0.39, 0.29) is 6.03 Å². The van der Waals surface area contributed by atoms with E-state index in [1.807, 2.05) is 19.2 Å². The number of hydrogen-bond acceptors (Lipinski definition) is 2. The predicted octanol–water partition coefficient (Wildman–Crippen LogP) is 3.13. The number of pyridine rings is 1. The second kappa shape index (κ2) is 5.93. The molecule has 2 aromatic rings. The normalized spacial score (nSPS) is 23.8. The van der Waals surface area contributed by atoms with Crippen molar-refractivity contribution in [3.63, 3.8) is 0 Å². The molecule has 0 radical (unpaired) electrons. The Balaban J connectivity index is 1.32. The molecule has 1 N–H and O–H groups in total. The van der Waals surface area contributed by atoms with Gasteiger partial charge in [-0.1, -0.05) is 24.3 Å². The van der Waals surface area contributed by atoms with Crippen LogP contribution in [0.25, 0.3) is 0 Å². The van der Waals surface area contributed by atoms with E-state index in [0.29, 0.717) is 17.9 Å². The van der Waals surface area contributed by atoms with Crippen LogP contribution in [0.3, 0.4) is 0 Å². The predicted molar refractivity (Wildman–Crippen MR) is 93.7 cm³/mol. The van der Waals surface area contributed by atoms with Crippen molar-refractivity contribution in [3.8, 4) is 0 Å². The average molecular weight is 321 g/mol. The Morgan fingerprint density at radius 2 is 2.08 bits per heavy atom. The highest BCUT2D eigenvalue weighted by Gasteiger charge is 2.57. The largest absolute Gasteiger partial charge is 0.338 e. The maximum absolute atomic E-state index is 12.3. The number of carbonyl (C=O) groups excluding carboxylic acids is 1. The van der Waals surface area contributed by atoms with Gasteiger partial charge in [-0.3, -0.25) is 4.98 Å². The first-order chi connectivity index (χ1) is 11.7. The van der Waals surface area contributed by atoms with Crippen LogP contribution in [0.5, 0.6) is 0 Å². The fourth-order valence-corrected chi connectivity index (χ4v) is 4.18.